The standard InChI is InChI=1S/C26H45NO2/c1-3-5-7-8-9-11-22-12-14-23(15-13-22)25(28)29-24-16-19-26(21-27,20-17-24)18-10-6-4-2/h22-24H,3-20H2,1-2H3/t22-,23-,24-,26+. The van der Waals surface area contributed by atoms with Crippen molar-refractivity contribution in [1.29, 1.82) is 5.26 Å². The molecule has 0 spiro atoms. The van der Waals surface area contributed by atoms with E-state index in [1.807, 2.05) is 0 Å². The summed E-state index contributed by atoms with van der Waals surface area (Å²) >= 11 is 0. The van der Waals surface area contributed by atoms with Gasteiger partial charge < -0.3 is 4.74 Å². The van der Waals surface area contributed by atoms with E-state index in [4.69, 9.17) is 4.74 Å². The summed E-state index contributed by atoms with van der Waals surface area (Å²) in [7, 11) is 0. The van der Waals surface area contributed by atoms with E-state index in [1.165, 1.54) is 64.2 Å². The van der Waals surface area contributed by atoms with E-state index < -0.39 is 0 Å². The van der Waals surface area contributed by atoms with E-state index in [2.05, 4.69) is 19.9 Å². The van der Waals surface area contributed by atoms with Gasteiger partial charge in [-0.15, -0.1) is 0 Å². The summed E-state index contributed by atoms with van der Waals surface area (Å²) < 4.78 is 5.91. The third-order valence-corrected chi connectivity index (χ3v) is 7.56. The lowest BCUT2D eigenvalue weighted by molar-refractivity contribution is -0.158. The highest BCUT2D eigenvalue weighted by atomic mass is 16.5. The fraction of sp³-hybridized carbons (Fsp3) is 0.923. The Morgan fingerprint density at radius 2 is 1.52 bits per heavy atom. The van der Waals surface area contributed by atoms with Crippen LogP contribution in [0, 0.1) is 28.6 Å². The van der Waals surface area contributed by atoms with Crippen LogP contribution in [0.2, 0.25) is 0 Å². The number of ether oxygens (including phenoxy) is 1. The first kappa shape index (κ1) is 24.2. The smallest absolute Gasteiger partial charge is 0.309 e. The van der Waals surface area contributed by atoms with Gasteiger partial charge in [-0.1, -0.05) is 71.6 Å². The number of carbonyl (C=O) groups excluding carboxylic acids is 1. The van der Waals surface area contributed by atoms with Crippen molar-refractivity contribution in [3.63, 3.8) is 0 Å². The van der Waals surface area contributed by atoms with Gasteiger partial charge in [-0.3, -0.25) is 4.79 Å². The van der Waals surface area contributed by atoms with Gasteiger partial charge in [-0.05, 0) is 63.7 Å². The van der Waals surface area contributed by atoms with Crippen LogP contribution in [0.1, 0.15) is 129 Å². The lowest BCUT2D eigenvalue weighted by Crippen LogP contribution is -2.33. The molecule has 0 saturated heterocycles. The molecule has 0 aromatic rings. The molecule has 0 aromatic carbocycles. The number of hydrogen-bond acceptors (Lipinski definition) is 3. The first-order chi connectivity index (χ1) is 14.1. The number of esters is 1. The minimum atomic E-state index is -0.159. The van der Waals surface area contributed by atoms with Gasteiger partial charge >= 0.3 is 5.97 Å². The van der Waals surface area contributed by atoms with E-state index in [-0.39, 0.29) is 23.4 Å². The molecule has 2 fully saturated rings. The molecule has 0 aliphatic heterocycles. The first-order valence-electron chi connectivity index (χ1n) is 12.7. The molecule has 0 bridgehead atoms. The Hall–Kier alpha value is -1.04. The van der Waals surface area contributed by atoms with Crippen molar-refractivity contribution in [2.45, 2.75) is 136 Å². The molecule has 0 unspecified atom stereocenters. The van der Waals surface area contributed by atoms with Crippen LogP contribution in [0.4, 0.5) is 0 Å². The van der Waals surface area contributed by atoms with E-state index in [1.54, 1.807) is 0 Å². The molecular weight excluding hydrogens is 358 g/mol. The third kappa shape index (κ3) is 8.31. The van der Waals surface area contributed by atoms with Crippen LogP contribution in [-0.4, -0.2) is 12.1 Å². The third-order valence-electron chi connectivity index (χ3n) is 7.56. The second kappa shape index (κ2) is 13.3. The van der Waals surface area contributed by atoms with Crippen molar-refractivity contribution in [2.24, 2.45) is 17.3 Å². The zero-order valence-electron chi connectivity index (χ0n) is 19.2. The van der Waals surface area contributed by atoms with E-state index in [0.717, 1.165) is 57.3 Å². The van der Waals surface area contributed by atoms with Gasteiger partial charge in [0.1, 0.15) is 6.10 Å². The molecule has 2 aliphatic carbocycles. The summed E-state index contributed by atoms with van der Waals surface area (Å²) in [6, 6.07) is 2.61. The summed E-state index contributed by atoms with van der Waals surface area (Å²) in [6.07, 6.45) is 20.7. The molecule has 166 valence electrons. The second-order valence-corrected chi connectivity index (χ2v) is 9.91. The lowest BCUT2D eigenvalue weighted by Gasteiger charge is -2.35. The van der Waals surface area contributed by atoms with Crippen molar-refractivity contribution in [1.82, 2.24) is 0 Å². The Morgan fingerprint density at radius 3 is 2.14 bits per heavy atom. The topological polar surface area (TPSA) is 50.1 Å². The maximum absolute atomic E-state index is 12.7. The van der Waals surface area contributed by atoms with Crippen molar-refractivity contribution in [3.05, 3.63) is 0 Å². The average molecular weight is 404 g/mol. The van der Waals surface area contributed by atoms with Gasteiger partial charge in [0.2, 0.25) is 0 Å². The molecule has 0 N–H and O–H groups in total. The van der Waals surface area contributed by atoms with Crippen LogP contribution in [0.15, 0.2) is 0 Å². The summed E-state index contributed by atoms with van der Waals surface area (Å²) in [5.41, 5.74) is -0.159. The predicted octanol–water partition coefficient (Wildman–Crippen LogP) is 7.73. The number of nitrogens with zero attached hydrogens (tertiary/aromatic N) is 1. The minimum absolute atomic E-state index is 0.0476. The predicted molar refractivity (Wildman–Crippen MR) is 119 cm³/mol. The molecule has 0 radical (unpaired) electrons. The Bertz CT molecular complexity index is 493. The van der Waals surface area contributed by atoms with Gasteiger partial charge in [0, 0.05) is 0 Å². The normalized spacial score (nSPS) is 29.9. The average Bonchev–Trinajstić information content (AvgIpc) is 2.75. The molecule has 2 saturated carbocycles. The van der Waals surface area contributed by atoms with Crippen LogP contribution in [0.5, 0.6) is 0 Å². The van der Waals surface area contributed by atoms with Gasteiger partial charge in [-0.2, -0.15) is 5.26 Å². The molecule has 2 aliphatic rings. The molecule has 0 aromatic heterocycles. The molecule has 29 heavy (non-hydrogen) atoms. The van der Waals surface area contributed by atoms with Gasteiger partial charge in [0.05, 0.1) is 17.4 Å². The maximum Gasteiger partial charge on any atom is 0.309 e. The molecule has 3 heteroatoms. The molecule has 0 amide bonds. The second-order valence-electron chi connectivity index (χ2n) is 9.91. The zero-order valence-corrected chi connectivity index (χ0v) is 19.2. The Balaban J connectivity index is 1.63. The van der Waals surface area contributed by atoms with E-state index >= 15 is 0 Å². The Labute approximate surface area is 180 Å². The number of rotatable bonds is 12. The highest BCUT2D eigenvalue weighted by Crippen LogP contribution is 2.41. The van der Waals surface area contributed by atoms with Gasteiger partial charge in [-0.25, -0.2) is 0 Å². The number of nitriles is 1. The SMILES string of the molecule is CCCCCCC[C@H]1CC[C@H](C(=O)O[C@H]2CC[C@](C#N)(CCCCC)CC2)CC1. The first-order valence-corrected chi connectivity index (χ1v) is 12.7. The van der Waals surface area contributed by atoms with Gasteiger partial charge in [0.25, 0.3) is 0 Å². The minimum Gasteiger partial charge on any atom is -0.462 e. The Kier molecular flexibility index (Phi) is 11.1. The van der Waals surface area contributed by atoms with E-state index in [0.29, 0.717) is 0 Å². The van der Waals surface area contributed by atoms with Crippen LogP contribution >= 0.6 is 0 Å². The number of hydrogen-bond donors (Lipinski definition) is 0. The molecular formula is C26H45NO2. The van der Waals surface area contributed by atoms with Crippen molar-refractivity contribution in [3.8, 4) is 6.07 Å². The van der Waals surface area contributed by atoms with Gasteiger partial charge in [0.15, 0.2) is 0 Å². The van der Waals surface area contributed by atoms with Crippen LogP contribution in [-0.2, 0) is 9.53 Å². The van der Waals surface area contributed by atoms with E-state index in [9.17, 15) is 10.1 Å². The maximum atomic E-state index is 12.7. The fourth-order valence-corrected chi connectivity index (χ4v) is 5.38. The zero-order chi connectivity index (χ0) is 21.0. The van der Waals surface area contributed by atoms with Crippen molar-refractivity contribution < 1.29 is 9.53 Å². The summed E-state index contributed by atoms with van der Waals surface area (Å²) in [5.74, 6) is 1.00. The molecule has 0 atom stereocenters. The molecule has 0 heterocycles. The highest BCUT2D eigenvalue weighted by Gasteiger charge is 2.37. The highest BCUT2D eigenvalue weighted by molar-refractivity contribution is 5.72. The van der Waals surface area contributed by atoms with Crippen LogP contribution in [0.25, 0.3) is 0 Å². The summed E-state index contributed by atoms with van der Waals surface area (Å²) in [5, 5.41) is 9.68. The largest absolute Gasteiger partial charge is 0.462 e. The lowest BCUT2D eigenvalue weighted by atomic mass is 9.71. The molecule has 3 nitrogen and oxygen atoms in total. The van der Waals surface area contributed by atoms with Crippen molar-refractivity contribution >= 4 is 5.97 Å². The molecule has 2 rings (SSSR count). The number of carbonyl (C=O) groups is 1. The fourth-order valence-electron chi connectivity index (χ4n) is 5.38. The summed E-state index contributed by atoms with van der Waals surface area (Å²) in [4.78, 5) is 12.7. The summed E-state index contributed by atoms with van der Waals surface area (Å²) in [6.45, 7) is 4.47. The van der Waals surface area contributed by atoms with Crippen LogP contribution < -0.4 is 0 Å². The Morgan fingerprint density at radius 1 is 0.897 bits per heavy atom. The monoisotopic (exact) mass is 403 g/mol. The quantitative estimate of drug-likeness (QED) is 0.247. The number of unbranched alkanes of at least 4 members (excludes halogenated alkanes) is 6. The van der Waals surface area contributed by atoms with Crippen molar-refractivity contribution in [2.75, 3.05) is 0 Å². The van der Waals surface area contributed by atoms with Crippen LogP contribution in [0.3, 0.4) is 0 Å².